The number of nitrogen functional groups attached to an aromatic ring is 3. The van der Waals surface area contributed by atoms with Crippen LogP contribution in [0.25, 0.3) is 50.1 Å². The first-order valence-corrected chi connectivity index (χ1v) is 27.7. The molecule has 12 rings (SSSR count). The molecule has 14 N–H and O–H groups in total. The Morgan fingerprint density at radius 1 is 0.567 bits per heavy atom. The predicted octanol–water partition coefficient (Wildman–Crippen LogP) is 5.05. The van der Waals surface area contributed by atoms with Gasteiger partial charge in [-0.05, 0) is 90.0 Å². The number of hydrogen-bond donors (Lipinski definition) is 10. The molecule has 33 nitrogen and oxygen atoms in total. The van der Waals surface area contributed by atoms with Crippen molar-refractivity contribution in [2.24, 2.45) is 5.73 Å². The van der Waals surface area contributed by atoms with E-state index < -0.39 is 0 Å². The third kappa shape index (κ3) is 23.6. The maximum atomic E-state index is 12.4. The van der Waals surface area contributed by atoms with E-state index in [4.69, 9.17) is 74.1 Å². The van der Waals surface area contributed by atoms with Crippen LogP contribution in [-0.4, -0.2) is 113 Å². The fourth-order valence-corrected chi connectivity index (χ4v) is 7.99. The first kappa shape index (κ1) is 70.1. The van der Waals surface area contributed by atoms with Crippen LogP contribution in [0.1, 0.15) is 41.6 Å². The van der Waals surface area contributed by atoms with Gasteiger partial charge in [0.1, 0.15) is 34.9 Å². The van der Waals surface area contributed by atoms with Gasteiger partial charge in [-0.2, -0.15) is 35.9 Å². The Hall–Kier alpha value is -10.6. The molecule has 1 amide bonds. The van der Waals surface area contributed by atoms with Crippen LogP contribution in [0.3, 0.4) is 0 Å². The predicted molar refractivity (Wildman–Crippen MR) is 334 cm³/mol. The topological polar surface area (TPSA) is 523 Å². The molecule has 0 aliphatic rings. The summed E-state index contributed by atoms with van der Waals surface area (Å²) in [7, 11) is 0. The molecule has 90 heavy (non-hydrogen) atoms. The zero-order chi connectivity index (χ0) is 63.6. The summed E-state index contributed by atoms with van der Waals surface area (Å²) in [6, 6.07) is 38.7. The fraction of sp³-hybridized carbons (Fsp3) is 0.0588. The van der Waals surface area contributed by atoms with Crippen molar-refractivity contribution in [1.29, 1.82) is 5.26 Å². The van der Waals surface area contributed by atoms with Crippen molar-refractivity contribution in [3.63, 3.8) is 0 Å². The van der Waals surface area contributed by atoms with Crippen molar-refractivity contribution in [2.75, 3.05) is 33.2 Å². The summed E-state index contributed by atoms with van der Waals surface area (Å²) in [4.78, 5) is 57.1. The number of benzene rings is 3. The number of nitrogens with two attached hydrogens (primary N) is 4. The number of tetrazole rings is 3. The molecular weight excluding hydrogens is 1270 g/mol. The molecule has 0 aliphatic heterocycles. The van der Waals surface area contributed by atoms with E-state index >= 15 is 0 Å². The number of halogens is 3. The zero-order valence-corrected chi connectivity index (χ0v) is 52.4. The summed E-state index contributed by atoms with van der Waals surface area (Å²) >= 11 is 18.7. The number of nitrogens with one attached hydrogen (secondary N) is 6. The minimum absolute atomic E-state index is 0. The third-order valence-electron chi connectivity index (χ3n) is 10.4. The molecule has 39 heteroatoms. The smallest absolute Gasteiger partial charge is 0.383 e. The molecule has 0 bridgehead atoms. The largest absolute Gasteiger partial charge is 1.00 e. The zero-order valence-electron chi connectivity index (χ0n) is 46.5. The van der Waals surface area contributed by atoms with Gasteiger partial charge >= 0.3 is 29.6 Å². The summed E-state index contributed by atoms with van der Waals surface area (Å²) in [6.45, 7) is 1.82. The molecule has 9 aromatic heterocycles. The van der Waals surface area contributed by atoms with E-state index in [1.54, 1.807) is 30.6 Å². The molecule has 0 unspecified atom stereocenters. The van der Waals surface area contributed by atoms with Gasteiger partial charge in [0, 0.05) is 38.2 Å². The molecule has 0 fully saturated rings. The maximum absolute atomic E-state index is 12.4. The Kier molecular flexibility index (Phi) is 30.0. The van der Waals surface area contributed by atoms with Crippen LogP contribution in [0.2, 0.25) is 10.6 Å². The van der Waals surface area contributed by atoms with Gasteiger partial charge < -0.3 is 49.9 Å². The first-order chi connectivity index (χ1) is 43.3. The summed E-state index contributed by atoms with van der Waals surface area (Å²) < 4.78 is 0. The maximum Gasteiger partial charge on any atom is 1.00 e. The van der Waals surface area contributed by atoms with Crippen molar-refractivity contribution >= 4 is 104 Å². The number of H-pyrrole nitrogens is 3. The normalized spacial score (nSPS) is 9.63. The van der Waals surface area contributed by atoms with Gasteiger partial charge in [0.15, 0.2) is 0 Å². The molecule has 0 saturated heterocycles. The van der Waals surface area contributed by atoms with Crippen LogP contribution in [-0.2, 0) is 19.6 Å². The van der Waals surface area contributed by atoms with Crippen LogP contribution in [0.5, 0.6) is 0 Å². The fourth-order valence-electron chi connectivity index (χ4n) is 6.34. The van der Waals surface area contributed by atoms with Gasteiger partial charge in [-0.15, -0.1) is 53.3 Å². The van der Waals surface area contributed by atoms with Crippen LogP contribution in [0.15, 0.2) is 151 Å². The quantitative estimate of drug-likeness (QED) is 0.0180. The number of aromatic nitrogens is 20. The van der Waals surface area contributed by atoms with Gasteiger partial charge in [-0.3, -0.25) is 14.5 Å². The summed E-state index contributed by atoms with van der Waals surface area (Å²) in [6.07, 6.45) is 5.84. The molecule has 0 saturated carbocycles. The van der Waals surface area contributed by atoms with Gasteiger partial charge in [0.2, 0.25) is 39.9 Å². The SMILES string of the molecule is N#Cc1cnc(Cl)nc1N.NCc1ccccc1.Nc1nc(Cl)ncc1-c1nn[nH]n1.Nc1nc(NCc2ccccc2)ncc1-c1nn[nH]n1.O=C(Cl)c1cccs1.O=C(Nc1nc(NCc2ccccc2)ncc1-c1nn[nH]n1)c1cccs1.[N-]=[N+]=[N-].[Na+]. The van der Waals surface area contributed by atoms with Crippen LogP contribution >= 0.6 is 57.5 Å². The van der Waals surface area contributed by atoms with E-state index in [0.717, 1.165) is 11.1 Å². The standard InChI is InChI=1S/C17H14N8OS.C12H12N8.C7H9N.C5H4ClN7.C5H3ClN4.C5H3ClOS.N3.Na/c26-16(13-7-4-8-27-13)20-14-12(15-22-24-25-23-15)10-19-17(21-14)18-9-11-5-2-1-3-6-11;13-10-9(11-17-19-20-18-11)7-15-12(16-10)14-6-8-4-2-1-3-5-8;8-6-7-4-2-1-3-5-7;6-5-8-1-2(3(7)9-5)4-10-12-13-11-4;6-5-9-2-3(1-7)4(8)10-5;6-5(7)4-2-1-3-8-4;1-3-2;/h1-8,10H,9H2,(H,22,23,24,25)(H2,18,19,20,21,26);1-5,7H,6H2,(H3,13,14,15,16)(H,17,18,19,20);1-5H,6,8H2;1H,(H2,7,8,9)(H,10,11,12,13);2H,(H2,8,9,10);1-3H;;/q;;;;;;-1;+1. The Balaban J connectivity index is 0.000000206. The van der Waals surface area contributed by atoms with E-state index in [0.29, 0.717) is 87.1 Å². The van der Waals surface area contributed by atoms with E-state index in [1.807, 2.05) is 114 Å². The number of rotatable bonds is 13. The number of amides is 1. The molecule has 0 spiro atoms. The number of aromatic amines is 3. The van der Waals surface area contributed by atoms with Crippen LogP contribution in [0, 0.1) is 11.3 Å². The monoisotopic (exact) mass is 1320 g/mol. The van der Waals surface area contributed by atoms with Gasteiger partial charge in [0.05, 0.1) is 32.6 Å². The summed E-state index contributed by atoms with van der Waals surface area (Å²) in [5, 5.41) is 61.3. The Bertz CT molecular complexity index is 4100. The third-order valence-corrected chi connectivity index (χ3v) is 12.8. The van der Waals surface area contributed by atoms with Crippen molar-refractivity contribution in [3.8, 4) is 40.2 Å². The van der Waals surface area contributed by atoms with Crippen LogP contribution < -0.4 is 68.4 Å². The molecule has 9 heterocycles. The minimum Gasteiger partial charge on any atom is -0.383 e. The Morgan fingerprint density at radius 2 is 0.989 bits per heavy atom. The number of anilines is 6. The molecule has 0 atom stereocenters. The van der Waals surface area contributed by atoms with Gasteiger partial charge in [0.25, 0.3) is 11.1 Å². The second-order valence-electron chi connectivity index (χ2n) is 16.3. The minimum atomic E-state index is -0.375. The first-order valence-electron chi connectivity index (χ1n) is 24.8. The second kappa shape index (κ2) is 38.5. The number of nitrogens with zero attached hydrogens (tertiary/aromatic N) is 21. The molecule has 12 aromatic rings. The van der Waals surface area contributed by atoms with E-state index in [-0.39, 0.29) is 68.5 Å². The second-order valence-corrected chi connectivity index (χ2v) is 19.2. The number of hydrogen-bond acceptors (Lipinski definition) is 28. The molecule has 450 valence electrons. The molecular formula is C51H45Cl3N31NaO2S2. The average molecular weight is 1320 g/mol. The van der Waals surface area contributed by atoms with Crippen molar-refractivity contribution in [3.05, 3.63) is 209 Å². The number of carbonyl (C=O) groups is 2. The van der Waals surface area contributed by atoms with Gasteiger partial charge in [-0.25, -0.2) is 24.9 Å². The molecule has 0 aliphatic carbocycles. The van der Waals surface area contributed by atoms with E-state index in [9.17, 15) is 9.59 Å². The number of carbonyl (C=O) groups excluding carboxylic acids is 2. The Labute approximate surface area is 554 Å². The Morgan fingerprint density at radius 3 is 1.38 bits per heavy atom. The number of nitriles is 1. The number of thiophene rings is 2. The average Bonchev–Trinajstić information content (AvgIpc) is 3.97. The van der Waals surface area contributed by atoms with Gasteiger partial charge in [-0.1, -0.05) is 103 Å². The summed E-state index contributed by atoms with van der Waals surface area (Å²) in [5.41, 5.74) is 40.7. The van der Waals surface area contributed by atoms with E-state index in [2.05, 4.69) is 118 Å². The van der Waals surface area contributed by atoms with Crippen molar-refractivity contribution in [1.82, 2.24) is 102 Å². The van der Waals surface area contributed by atoms with E-state index in [1.165, 1.54) is 45.5 Å². The van der Waals surface area contributed by atoms with Crippen LogP contribution in [0.4, 0.5) is 35.2 Å². The van der Waals surface area contributed by atoms with Crippen molar-refractivity contribution < 1.29 is 39.1 Å². The summed E-state index contributed by atoms with van der Waals surface area (Å²) in [5.74, 6) is 2.53. The molecule has 3 aromatic carbocycles. The molecule has 0 radical (unpaired) electrons. The van der Waals surface area contributed by atoms with Crippen molar-refractivity contribution in [2.45, 2.75) is 19.6 Å².